The van der Waals surface area contributed by atoms with Gasteiger partial charge in [0.25, 0.3) is 5.91 Å². The number of carbonyl (C=O) groups is 1. The molecule has 33 heavy (non-hydrogen) atoms. The highest BCUT2D eigenvalue weighted by atomic mass is 16.5. The van der Waals surface area contributed by atoms with Gasteiger partial charge in [0, 0.05) is 32.3 Å². The number of amides is 1. The predicted octanol–water partition coefficient (Wildman–Crippen LogP) is 2.40. The standard InChI is InChI=1S/C22H21N7O4/c1-13(19-23-9-11-32-19)25-21-24-8-6-16(27-21)14-4-3-5-15(26-14)17-12-18(33-28-17)22(31)7-10-29(2)20(22)30/h3-6,8-9,11-13,31H,7,10H2,1-2H3,(H,24,25,27)/t13?,22-/m1/s1. The first-order valence-corrected chi connectivity index (χ1v) is 10.4. The summed E-state index contributed by atoms with van der Waals surface area (Å²) in [7, 11) is 1.64. The van der Waals surface area contributed by atoms with Crippen LogP contribution in [0.3, 0.4) is 0 Å². The average molecular weight is 447 g/mol. The molecular formula is C22H21N7O4. The summed E-state index contributed by atoms with van der Waals surface area (Å²) in [6.45, 7) is 2.33. The van der Waals surface area contributed by atoms with Crippen LogP contribution in [0.1, 0.15) is 31.0 Å². The molecule has 5 rings (SSSR count). The zero-order chi connectivity index (χ0) is 23.0. The van der Waals surface area contributed by atoms with Gasteiger partial charge in [-0.15, -0.1) is 0 Å². The molecule has 0 radical (unpaired) electrons. The molecule has 1 fully saturated rings. The van der Waals surface area contributed by atoms with E-state index in [-0.39, 0.29) is 18.2 Å². The number of oxazole rings is 1. The number of nitrogens with one attached hydrogen (secondary N) is 1. The summed E-state index contributed by atoms with van der Waals surface area (Å²) in [5, 5.41) is 18.0. The number of hydrogen-bond acceptors (Lipinski definition) is 10. The van der Waals surface area contributed by atoms with Gasteiger partial charge in [0.15, 0.2) is 5.76 Å². The molecule has 168 valence electrons. The molecule has 1 unspecified atom stereocenters. The van der Waals surface area contributed by atoms with E-state index in [0.29, 0.717) is 41.2 Å². The van der Waals surface area contributed by atoms with Crippen molar-refractivity contribution in [3.63, 3.8) is 0 Å². The van der Waals surface area contributed by atoms with Crippen molar-refractivity contribution in [1.82, 2.24) is 30.0 Å². The molecule has 0 saturated carbocycles. The lowest BCUT2D eigenvalue weighted by atomic mass is 9.98. The van der Waals surface area contributed by atoms with Crippen molar-refractivity contribution in [2.24, 2.45) is 0 Å². The van der Waals surface area contributed by atoms with Crippen molar-refractivity contribution >= 4 is 11.9 Å². The number of rotatable bonds is 6. The molecule has 1 amide bonds. The van der Waals surface area contributed by atoms with Crippen molar-refractivity contribution in [2.45, 2.75) is 25.0 Å². The number of carbonyl (C=O) groups excluding carboxylic acids is 1. The maximum atomic E-state index is 12.3. The van der Waals surface area contributed by atoms with Gasteiger partial charge in [0.1, 0.15) is 18.0 Å². The molecule has 0 aliphatic carbocycles. The Hall–Kier alpha value is -4.12. The maximum Gasteiger partial charge on any atom is 0.262 e. The number of pyridine rings is 1. The minimum atomic E-state index is -1.70. The molecule has 1 aliphatic rings. The molecule has 5 heterocycles. The van der Waals surface area contributed by atoms with Crippen LogP contribution < -0.4 is 5.32 Å². The summed E-state index contributed by atoms with van der Waals surface area (Å²) in [5.74, 6) is 0.625. The van der Waals surface area contributed by atoms with E-state index in [1.54, 1.807) is 37.6 Å². The Morgan fingerprint density at radius 2 is 1.91 bits per heavy atom. The first kappa shape index (κ1) is 20.8. The van der Waals surface area contributed by atoms with Crippen LogP contribution in [0, 0.1) is 0 Å². The number of aromatic nitrogens is 5. The molecule has 2 atom stereocenters. The summed E-state index contributed by atoms with van der Waals surface area (Å²) in [6.07, 6.45) is 4.96. The number of hydrogen-bond donors (Lipinski definition) is 2. The van der Waals surface area contributed by atoms with Crippen LogP contribution in [0.25, 0.3) is 22.8 Å². The second-order valence-electron chi connectivity index (χ2n) is 7.82. The van der Waals surface area contributed by atoms with Crippen LogP contribution in [0.2, 0.25) is 0 Å². The predicted molar refractivity (Wildman–Crippen MR) is 115 cm³/mol. The van der Waals surface area contributed by atoms with Crippen LogP contribution in [-0.4, -0.2) is 54.6 Å². The third-order valence-electron chi connectivity index (χ3n) is 5.52. The fraction of sp³-hybridized carbons (Fsp3) is 0.273. The SMILES string of the molecule is CC(Nc1nccc(-c2cccc(-c3cc([C@]4(O)CCN(C)C4=O)on3)n2)n1)c1ncco1. The monoisotopic (exact) mass is 447 g/mol. The summed E-state index contributed by atoms with van der Waals surface area (Å²) < 4.78 is 10.6. The number of anilines is 1. The highest BCUT2D eigenvalue weighted by Crippen LogP contribution is 2.34. The fourth-order valence-electron chi connectivity index (χ4n) is 3.67. The maximum absolute atomic E-state index is 12.3. The molecular weight excluding hydrogens is 426 g/mol. The van der Waals surface area contributed by atoms with Crippen molar-refractivity contribution in [3.8, 4) is 22.8 Å². The molecule has 2 N–H and O–H groups in total. The van der Waals surface area contributed by atoms with E-state index in [1.807, 2.05) is 19.1 Å². The molecule has 1 saturated heterocycles. The first-order valence-electron chi connectivity index (χ1n) is 10.4. The topological polar surface area (TPSA) is 143 Å². The molecule has 4 aromatic rings. The van der Waals surface area contributed by atoms with Gasteiger partial charge in [-0.3, -0.25) is 4.79 Å². The second-order valence-corrected chi connectivity index (χ2v) is 7.82. The van der Waals surface area contributed by atoms with E-state index in [1.165, 1.54) is 11.2 Å². The van der Waals surface area contributed by atoms with Crippen LogP contribution in [0.5, 0.6) is 0 Å². The van der Waals surface area contributed by atoms with Gasteiger partial charge in [-0.25, -0.2) is 19.9 Å². The summed E-state index contributed by atoms with van der Waals surface area (Å²) in [6, 6.07) is 8.48. The van der Waals surface area contributed by atoms with Gasteiger partial charge in [0.05, 0.1) is 23.3 Å². The van der Waals surface area contributed by atoms with Crippen LogP contribution in [0.15, 0.2) is 57.9 Å². The van der Waals surface area contributed by atoms with Gasteiger partial charge >= 0.3 is 0 Å². The Bertz CT molecular complexity index is 1290. The second kappa shape index (κ2) is 8.10. The Morgan fingerprint density at radius 3 is 2.64 bits per heavy atom. The Balaban J connectivity index is 1.39. The summed E-state index contributed by atoms with van der Waals surface area (Å²) in [5.41, 5.74) is 0.425. The minimum Gasteiger partial charge on any atom is -0.447 e. The number of likely N-dealkylation sites (N-methyl/N-ethyl adjacent to an activating group) is 1. The molecule has 11 nitrogen and oxygen atoms in total. The Morgan fingerprint density at radius 1 is 1.12 bits per heavy atom. The average Bonchev–Trinajstić information content (AvgIpc) is 3.59. The van der Waals surface area contributed by atoms with Gasteiger partial charge < -0.3 is 24.3 Å². The minimum absolute atomic E-state index is 0.105. The van der Waals surface area contributed by atoms with Crippen molar-refractivity contribution < 1.29 is 18.8 Å². The smallest absolute Gasteiger partial charge is 0.262 e. The Labute approximate surface area is 188 Å². The number of nitrogens with zero attached hydrogens (tertiary/aromatic N) is 6. The van der Waals surface area contributed by atoms with Crippen LogP contribution in [-0.2, 0) is 10.4 Å². The van der Waals surface area contributed by atoms with Crippen LogP contribution >= 0.6 is 0 Å². The van der Waals surface area contributed by atoms with Crippen LogP contribution in [0.4, 0.5) is 5.95 Å². The summed E-state index contributed by atoms with van der Waals surface area (Å²) in [4.78, 5) is 31.4. The Kier molecular flexibility index (Phi) is 5.09. The lowest BCUT2D eigenvalue weighted by Gasteiger charge is -2.16. The normalized spacial score (nSPS) is 19.1. The third kappa shape index (κ3) is 3.82. The van der Waals surface area contributed by atoms with Gasteiger partial charge in [0.2, 0.25) is 17.4 Å². The van der Waals surface area contributed by atoms with E-state index in [4.69, 9.17) is 8.94 Å². The van der Waals surface area contributed by atoms with Crippen molar-refractivity contribution in [3.05, 3.63) is 60.6 Å². The lowest BCUT2D eigenvalue weighted by Crippen LogP contribution is -2.35. The van der Waals surface area contributed by atoms with Crippen molar-refractivity contribution in [2.75, 3.05) is 18.9 Å². The zero-order valence-electron chi connectivity index (χ0n) is 18.0. The molecule has 0 bridgehead atoms. The summed E-state index contributed by atoms with van der Waals surface area (Å²) >= 11 is 0. The van der Waals surface area contributed by atoms with Crippen molar-refractivity contribution in [1.29, 1.82) is 0 Å². The quantitative estimate of drug-likeness (QED) is 0.452. The molecule has 11 heteroatoms. The lowest BCUT2D eigenvalue weighted by molar-refractivity contribution is -0.144. The molecule has 1 aliphatic heterocycles. The van der Waals surface area contributed by atoms with E-state index >= 15 is 0 Å². The van der Waals surface area contributed by atoms with E-state index in [9.17, 15) is 9.90 Å². The molecule has 0 aromatic carbocycles. The van der Waals surface area contributed by atoms with Gasteiger partial charge in [-0.1, -0.05) is 11.2 Å². The van der Waals surface area contributed by atoms with E-state index in [0.717, 1.165) is 0 Å². The first-order chi connectivity index (χ1) is 15.9. The van der Waals surface area contributed by atoms with Gasteiger partial charge in [-0.2, -0.15) is 0 Å². The number of likely N-dealkylation sites (tertiary alicyclic amines) is 1. The van der Waals surface area contributed by atoms with Gasteiger partial charge in [-0.05, 0) is 25.1 Å². The highest BCUT2D eigenvalue weighted by molar-refractivity contribution is 5.87. The molecule has 0 spiro atoms. The number of aliphatic hydroxyl groups is 1. The largest absolute Gasteiger partial charge is 0.447 e. The fourth-order valence-corrected chi connectivity index (χ4v) is 3.67. The molecule has 4 aromatic heterocycles. The zero-order valence-corrected chi connectivity index (χ0v) is 18.0. The highest BCUT2D eigenvalue weighted by Gasteiger charge is 2.48. The van der Waals surface area contributed by atoms with E-state index in [2.05, 4.69) is 30.4 Å². The van der Waals surface area contributed by atoms with E-state index < -0.39 is 11.5 Å². The third-order valence-corrected chi connectivity index (χ3v) is 5.52.